The van der Waals surface area contributed by atoms with E-state index in [9.17, 15) is 14.3 Å². The number of nitrogens with one attached hydrogen (secondary N) is 1. The first-order chi connectivity index (χ1) is 11.9. The monoisotopic (exact) mass is 350 g/mol. The molecule has 5 nitrogen and oxygen atoms in total. The fourth-order valence-corrected chi connectivity index (χ4v) is 3.89. The van der Waals surface area contributed by atoms with Crippen molar-refractivity contribution in [3.63, 3.8) is 0 Å². The lowest BCUT2D eigenvalue weighted by Crippen LogP contribution is -2.62. The number of benzene rings is 1. The molecule has 0 saturated carbocycles. The fraction of sp³-hybridized carbons (Fsp3) is 0.632. The Morgan fingerprint density at radius 3 is 2.72 bits per heavy atom. The molecule has 6 heteroatoms. The molecule has 0 aliphatic carbocycles. The maximum absolute atomic E-state index is 13.7. The molecule has 0 unspecified atom stereocenters. The van der Waals surface area contributed by atoms with E-state index in [1.165, 1.54) is 6.07 Å². The highest BCUT2D eigenvalue weighted by Gasteiger charge is 2.48. The number of carbonyl (C=O) groups is 1. The molecule has 0 bridgehead atoms. The number of hydrogen-bond acceptors (Lipinski definition) is 4. The quantitative estimate of drug-likeness (QED) is 0.867. The van der Waals surface area contributed by atoms with E-state index >= 15 is 0 Å². The predicted molar refractivity (Wildman–Crippen MR) is 92.7 cm³/mol. The smallest absolute Gasteiger partial charge is 0.227 e. The van der Waals surface area contributed by atoms with Crippen molar-refractivity contribution in [2.75, 3.05) is 26.7 Å². The van der Waals surface area contributed by atoms with E-state index in [1.807, 2.05) is 7.05 Å². The molecule has 1 spiro atoms. The molecule has 2 atom stereocenters. The molecule has 3 rings (SSSR count). The van der Waals surface area contributed by atoms with Crippen LogP contribution in [0.1, 0.15) is 31.7 Å². The largest absolute Gasteiger partial charge is 0.386 e. The lowest BCUT2D eigenvalue weighted by molar-refractivity contribution is -0.192. The number of halogens is 1. The predicted octanol–water partition coefficient (Wildman–Crippen LogP) is 1.49. The summed E-state index contributed by atoms with van der Waals surface area (Å²) in [4.78, 5) is 14.3. The molecule has 2 saturated heterocycles. The van der Waals surface area contributed by atoms with Gasteiger partial charge in [0.2, 0.25) is 5.91 Å². The molecule has 1 amide bonds. The van der Waals surface area contributed by atoms with Gasteiger partial charge in [-0.3, -0.25) is 4.79 Å². The highest BCUT2D eigenvalue weighted by Crippen LogP contribution is 2.38. The zero-order valence-electron chi connectivity index (χ0n) is 14.9. The highest BCUT2D eigenvalue weighted by atomic mass is 19.1. The zero-order valence-corrected chi connectivity index (χ0v) is 14.9. The molecule has 1 aromatic carbocycles. The number of carbonyl (C=O) groups excluding carboxylic acids is 1. The maximum atomic E-state index is 13.7. The van der Waals surface area contributed by atoms with Gasteiger partial charge in [-0.25, -0.2) is 4.39 Å². The summed E-state index contributed by atoms with van der Waals surface area (Å²) in [6, 6.07) is 6.38. The van der Waals surface area contributed by atoms with Gasteiger partial charge in [-0.05, 0) is 44.9 Å². The van der Waals surface area contributed by atoms with Gasteiger partial charge in [0, 0.05) is 19.1 Å². The average molecular weight is 350 g/mol. The van der Waals surface area contributed by atoms with Gasteiger partial charge in [-0.15, -0.1) is 0 Å². The van der Waals surface area contributed by atoms with E-state index in [0.717, 1.165) is 19.3 Å². The second-order valence-corrected chi connectivity index (χ2v) is 7.52. The number of aliphatic hydroxyl groups is 1. The van der Waals surface area contributed by atoms with E-state index in [2.05, 4.69) is 5.32 Å². The summed E-state index contributed by atoms with van der Waals surface area (Å²) in [5.41, 5.74) is -0.726. The Balaban J connectivity index is 1.58. The summed E-state index contributed by atoms with van der Waals surface area (Å²) < 4.78 is 19.8. The molecule has 2 fully saturated rings. The van der Waals surface area contributed by atoms with Crippen LogP contribution >= 0.6 is 0 Å². The summed E-state index contributed by atoms with van der Waals surface area (Å²) in [5.74, 6) is -0.382. The van der Waals surface area contributed by atoms with Crippen LogP contribution in [0.2, 0.25) is 0 Å². The number of nitrogens with zero attached hydrogens (tertiary/aromatic N) is 1. The van der Waals surface area contributed by atoms with E-state index in [0.29, 0.717) is 25.3 Å². The Bertz CT molecular complexity index is 627. The van der Waals surface area contributed by atoms with Crippen LogP contribution in [-0.2, 0) is 16.0 Å². The van der Waals surface area contributed by atoms with Crippen molar-refractivity contribution in [1.29, 1.82) is 0 Å². The molecule has 2 aliphatic heterocycles. The van der Waals surface area contributed by atoms with Crippen molar-refractivity contribution in [2.45, 2.75) is 49.9 Å². The van der Waals surface area contributed by atoms with Gasteiger partial charge >= 0.3 is 0 Å². The minimum Gasteiger partial charge on any atom is -0.386 e. The third kappa shape index (κ3) is 3.86. The normalized spacial score (nSPS) is 29.0. The van der Waals surface area contributed by atoms with Gasteiger partial charge < -0.3 is 20.1 Å². The number of rotatable bonds is 3. The first-order valence-corrected chi connectivity index (χ1v) is 8.90. The van der Waals surface area contributed by atoms with E-state index < -0.39 is 5.60 Å². The van der Waals surface area contributed by atoms with Crippen molar-refractivity contribution in [1.82, 2.24) is 10.2 Å². The van der Waals surface area contributed by atoms with Crippen molar-refractivity contribution < 1.29 is 19.0 Å². The number of hydrogen-bond donors (Lipinski definition) is 2. The van der Waals surface area contributed by atoms with Crippen LogP contribution < -0.4 is 5.32 Å². The number of amides is 1. The highest BCUT2D eigenvalue weighted by molar-refractivity contribution is 5.79. The second kappa shape index (κ2) is 7.02. The first-order valence-electron chi connectivity index (χ1n) is 8.90. The molecular weight excluding hydrogens is 323 g/mol. The zero-order chi connectivity index (χ0) is 18.1. The van der Waals surface area contributed by atoms with Crippen LogP contribution in [0.5, 0.6) is 0 Å². The van der Waals surface area contributed by atoms with E-state index in [4.69, 9.17) is 4.74 Å². The number of likely N-dealkylation sites (tertiary alicyclic amines) is 1. The van der Waals surface area contributed by atoms with Gasteiger partial charge in [0.1, 0.15) is 11.4 Å². The van der Waals surface area contributed by atoms with Gasteiger partial charge in [0.05, 0.1) is 18.6 Å². The molecular formula is C19H27FN2O3. The minimum atomic E-state index is -0.877. The Kier molecular flexibility index (Phi) is 5.14. The van der Waals surface area contributed by atoms with Crippen molar-refractivity contribution >= 4 is 5.91 Å². The summed E-state index contributed by atoms with van der Waals surface area (Å²) >= 11 is 0. The molecule has 25 heavy (non-hydrogen) atoms. The lowest BCUT2D eigenvalue weighted by atomic mass is 9.77. The third-order valence-electron chi connectivity index (χ3n) is 5.67. The van der Waals surface area contributed by atoms with Gasteiger partial charge in [0.15, 0.2) is 0 Å². The van der Waals surface area contributed by atoms with Crippen LogP contribution in [0.4, 0.5) is 4.39 Å². The van der Waals surface area contributed by atoms with Gasteiger partial charge in [0.25, 0.3) is 0 Å². The number of ether oxygens (including phenoxy) is 1. The van der Waals surface area contributed by atoms with Crippen molar-refractivity contribution in [3.05, 3.63) is 35.6 Å². The Morgan fingerprint density at radius 1 is 1.40 bits per heavy atom. The fourth-order valence-electron chi connectivity index (χ4n) is 3.89. The summed E-state index contributed by atoms with van der Waals surface area (Å²) in [6.45, 7) is 3.29. The van der Waals surface area contributed by atoms with Crippen LogP contribution in [-0.4, -0.2) is 59.9 Å². The van der Waals surface area contributed by atoms with Crippen LogP contribution in [0.3, 0.4) is 0 Å². The minimum absolute atomic E-state index is 0.0260. The molecule has 2 heterocycles. The van der Waals surface area contributed by atoms with Crippen LogP contribution in [0.25, 0.3) is 0 Å². The topological polar surface area (TPSA) is 61.8 Å². The standard InChI is InChI=1S/C19H27FN2O3/c1-18(24)13-25-19(12-16(18)21-2)7-9-22(10-8-19)17(23)11-14-5-3-4-6-15(14)20/h3-6,16,21,24H,7-13H2,1-2H3/t16-,18-/m0/s1. The van der Waals surface area contributed by atoms with E-state index in [1.54, 1.807) is 30.0 Å². The summed E-state index contributed by atoms with van der Waals surface area (Å²) in [5, 5.41) is 13.6. The number of likely N-dealkylation sites (N-methyl/N-ethyl adjacent to an activating group) is 1. The molecule has 0 aromatic heterocycles. The van der Waals surface area contributed by atoms with Crippen molar-refractivity contribution in [2.24, 2.45) is 0 Å². The summed E-state index contributed by atoms with van der Waals surface area (Å²) in [7, 11) is 1.85. The summed E-state index contributed by atoms with van der Waals surface area (Å²) in [6.07, 6.45) is 2.30. The Morgan fingerprint density at radius 2 is 2.08 bits per heavy atom. The van der Waals surface area contributed by atoms with Gasteiger partial charge in [-0.2, -0.15) is 0 Å². The van der Waals surface area contributed by atoms with Gasteiger partial charge in [-0.1, -0.05) is 18.2 Å². The molecule has 2 N–H and O–H groups in total. The van der Waals surface area contributed by atoms with Crippen LogP contribution in [0.15, 0.2) is 24.3 Å². The Labute approximate surface area is 148 Å². The molecule has 2 aliphatic rings. The molecule has 0 radical (unpaired) electrons. The molecule has 138 valence electrons. The van der Waals surface area contributed by atoms with Crippen LogP contribution in [0, 0.1) is 5.82 Å². The third-order valence-corrected chi connectivity index (χ3v) is 5.67. The SMILES string of the molecule is CN[C@H]1CC2(CCN(C(=O)Cc3ccccc3F)CC2)OC[C@]1(C)O. The second-order valence-electron chi connectivity index (χ2n) is 7.52. The lowest BCUT2D eigenvalue weighted by Gasteiger charge is -2.50. The first kappa shape index (κ1) is 18.3. The van der Waals surface area contributed by atoms with E-state index in [-0.39, 0.29) is 29.8 Å². The molecule has 1 aromatic rings. The average Bonchev–Trinajstić information content (AvgIpc) is 2.60. The van der Waals surface area contributed by atoms with Crippen molar-refractivity contribution in [3.8, 4) is 0 Å². The number of piperidine rings is 1. The maximum Gasteiger partial charge on any atom is 0.227 e. The Hall–Kier alpha value is -1.50.